The molecule has 26 heavy (non-hydrogen) atoms. The Kier molecular flexibility index (Phi) is 4.10. The van der Waals surface area contributed by atoms with Crippen molar-refractivity contribution in [1.29, 1.82) is 0 Å². The first-order valence-electron chi connectivity index (χ1n) is 7.95. The van der Waals surface area contributed by atoms with Gasteiger partial charge in [0, 0.05) is 23.3 Å². The lowest BCUT2D eigenvalue weighted by Crippen LogP contribution is -2.03. The first-order chi connectivity index (χ1) is 12.7. The number of nitrogens with zero attached hydrogens (tertiary/aromatic N) is 2. The van der Waals surface area contributed by atoms with Crippen molar-refractivity contribution < 1.29 is 9.53 Å². The molecule has 4 aromatic rings. The van der Waals surface area contributed by atoms with Gasteiger partial charge in [0.05, 0.1) is 17.7 Å². The highest BCUT2D eigenvalue weighted by Crippen LogP contribution is 2.39. The van der Waals surface area contributed by atoms with Crippen molar-refractivity contribution in [3.05, 3.63) is 72.2 Å². The summed E-state index contributed by atoms with van der Waals surface area (Å²) in [6, 6.07) is 14.4. The Bertz CT molecular complexity index is 1090. The Balaban J connectivity index is 1.74. The summed E-state index contributed by atoms with van der Waals surface area (Å²) in [7, 11) is 1.59. The van der Waals surface area contributed by atoms with Gasteiger partial charge in [-0.15, -0.1) is 11.3 Å². The molecule has 0 aliphatic rings. The predicted molar refractivity (Wildman–Crippen MR) is 104 cm³/mol. The van der Waals surface area contributed by atoms with Gasteiger partial charge < -0.3 is 10.5 Å². The van der Waals surface area contributed by atoms with Crippen LogP contribution in [0.4, 0.5) is 5.69 Å². The van der Waals surface area contributed by atoms with Gasteiger partial charge in [-0.3, -0.25) is 9.78 Å². The summed E-state index contributed by atoms with van der Waals surface area (Å²) < 4.78 is 5.13. The van der Waals surface area contributed by atoms with Crippen LogP contribution in [-0.2, 0) is 0 Å². The van der Waals surface area contributed by atoms with E-state index in [1.54, 1.807) is 49.8 Å². The number of nitrogen functional groups attached to an aromatic ring is 1. The molecule has 0 radical (unpaired) electrons. The van der Waals surface area contributed by atoms with Crippen LogP contribution in [0.1, 0.15) is 16.1 Å². The standard InChI is InChI=1S/C20H15N3O2S/c1-25-14-4-2-12(3-5-14)18(24)16-7-6-15-17(21)19(26-20(15)23-16)13-8-10-22-11-9-13/h2-11H,21H2,1H3. The van der Waals surface area contributed by atoms with Gasteiger partial charge in [0.25, 0.3) is 0 Å². The van der Waals surface area contributed by atoms with Gasteiger partial charge in [-0.1, -0.05) is 0 Å². The van der Waals surface area contributed by atoms with E-state index in [4.69, 9.17) is 10.5 Å². The van der Waals surface area contributed by atoms with Crippen molar-refractivity contribution >= 4 is 33.0 Å². The summed E-state index contributed by atoms with van der Waals surface area (Å²) in [5.41, 5.74) is 8.91. The number of rotatable bonds is 4. The third-order valence-electron chi connectivity index (χ3n) is 4.12. The number of anilines is 1. The van der Waals surface area contributed by atoms with E-state index in [-0.39, 0.29) is 5.78 Å². The Hall–Kier alpha value is -3.25. The van der Waals surface area contributed by atoms with Crippen LogP contribution in [0.2, 0.25) is 0 Å². The van der Waals surface area contributed by atoms with Crippen molar-refractivity contribution in [1.82, 2.24) is 9.97 Å². The van der Waals surface area contributed by atoms with E-state index in [9.17, 15) is 4.79 Å². The number of thiophene rings is 1. The van der Waals surface area contributed by atoms with Crippen LogP contribution in [0.5, 0.6) is 5.75 Å². The van der Waals surface area contributed by atoms with E-state index in [0.717, 1.165) is 20.7 Å². The van der Waals surface area contributed by atoms with E-state index in [2.05, 4.69) is 9.97 Å². The van der Waals surface area contributed by atoms with Gasteiger partial charge in [-0.2, -0.15) is 0 Å². The van der Waals surface area contributed by atoms with E-state index in [1.165, 1.54) is 11.3 Å². The molecule has 0 fully saturated rings. The number of ether oxygens (including phenoxy) is 1. The number of fused-ring (bicyclic) bond motifs is 1. The van der Waals surface area contributed by atoms with Gasteiger partial charge in [0.1, 0.15) is 16.3 Å². The second-order valence-electron chi connectivity index (χ2n) is 5.69. The molecule has 6 heteroatoms. The minimum Gasteiger partial charge on any atom is -0.497 e. The molecule has 5 nitrogen and oxygen atoms in total. The zero-order chi connectivity index (χ0) is 18.1. The molecule has 0 spiro atoms. The Morgan fingerprint density at radius 3 is 2.46 bits per heavy atom. The number of nitrogens with two attached hydrogens (primary N) is 1. The molecule has 4 rings (SSSR count). The highest BCUT2D eigenvalue weighted by molar-refractivity contribution is 7.22. The van der Waals surface area contributed by atoms with Crippen molar-refractivity contribution in [3.63, 3.8) is 0 Å². The predicted octanol–water partition coefficient (Wildman–Crippen LogP) is 4.18. The third kappa shape index (κ3) is 2.80. The number of methoxy groups -OCH3 is 1. The van der Waals surface area contributed by atoms with Crippen LogP contribution in [-0.4, -0.2) is 22.9 Å². The molecule has 0 bridgehead atoms. The second kappa shape index (κ2) is 6.57. The number of pyridine rings is 2. The van der Waals surface area contributed by atoms with Crippen LogP contribution >= 0.6 is 11.3 Å². The van der Waals surface area contributed by atoms with Crippen molar-refractivity contribution in [2.24, 2.45) is 0 Å². The van der Waals surface area contributed by atoms with Gasteiger partial charge >= 0.3 is 0 Å². The maximum Gasteiger partial charge on any atom is 0.211 e. The van der Waals surface area contributed by atoms with E-state index in [0.29, 0.717) is 22.7 Å². The molecular formula is C20H15N3O2S. The fraction of sp³-hybridized carbons (Fsp3) is 0.0500. The Morgan fingerprint density at radius 2 is 1.77 bits per heavy atom. The number of carbonyl (C=O) groups is 1. The summed E-state index contributed by atoms with van der Waals surface area (Å²) in [4.78, 5) is 23.0. The number of aromatic nitrogens is 2. The number of hydrogen-bond donors (Lipinski definition) is 1. The van der Waals surface area contributed by atoms with E-state index >= 15 is 0 Å². The molecule has 1 aromatic carbocycles. The van der Waals surface area contributed by atoms with Crippen LogP contribution in [0.25, 0.3) is 20.7 Å². The lowest BCUT2D eigenvalue weighted by Gasteiger charge is -2.03. The van der Waals surface area contributed by atoms with Crippen molar-refractivity contribution in [2.75, 3.05) is 12.8 Å². The lowest BCUT2D eigenvalue weighted by molar-refractivity contribution is 0.103. The topological polar surface area (TPSA) is 78.1 Å². The van der Waals surface area contributed by atoms with Crippen LogP contribution < -0.4 is 10.5 Å². The Morgan fingerprint density at radius 1 is 1.04 bits per heavy atom. The molecule has 2 N–H and O–H groups in total. The first kappa shape index (κ1) is 16.2. The summed E-state index contributed by atoms with van der Waals surface area (Å²) in [5.74, 6) is 0.574. The van der Waals surface area contributed by atoms with Gasteiger partial charge in [-0.25, -0.2) is 4.98 Å². The highest BCUT2D eigenvalue weighted by atomic mass is 32.1. The minimum absolute atomic E-state index is 0.132. The molecule has 0 atom stereocenters. The van der Waals surface area contributed by atoms with Gasteiger partial charge in [-0.05, 0) is 54.1 Å². The molecule has 0 aliphatic heterocycles. The maximum absolute atomic E-state index is 12.7. The minimum atomic E-state index is -0.132. The zero-order valence-electron chi connectivity index (χ0n) is 14.0. The molecule has 128 valence electrons. The summed E-state index contributed by atoms with van der Waals surface area (Å²) in [5, 5.41) is 0.855. The number of benzene rings is 1. The largest absolute Gasteiger partial charge is 0.497 e. The molecule has 0 saturated heterocycles. The molecule has 0 unspecified atom stereocenters. The highest BCUT2D eigenvalue weighted by Gasteiger charge is 2.16. The average molecular weight is 361 g/mol. The van der Waals surface area contributed by atoms with E-state index < -0.39 is 0 Å². The average Bonchev–Trinajstić information content (AvgIpc) is 3.04. The normalized spacial score (nSPS) is 10.8. The first-order valence-corrected chi connectivity index (χ1v) is 8.77. The van der Waals surface area contributed by atoms with Crippen LogP contribution in [0, 0.1) is 0 Å². The lowest BCUT2D eigenvalue weighted by atomic mass is 10.1. The van der Waals surface area contributed by atoms with Gasteiger partial charge in [0.2, 0.25) is 5.78 Å². The van der Waals surface area contributed by atoms with Crippen LogP contribution in [0.15, 0.2) is 60.9 Å². The van der Waals surface area contributed by atoms with Crippen LogP contribution in [0.3, 0.4) is 0 Å². The molecule has 3 heterocycles. The number of ketones is 1. The zero-order valence-corrected chi connectivity index (χ0v) is 14.8. The number of hydrogen-bond acceptors (Lipinski definition) is 6. The molecule has 0 aliphatic carbocycles. The van der Waals surface area contributed by atoms with E-state index in [1.807, 2.05) is 18.2 Å². The molecule has 0 amide bonds. The quantitative estimate of drug-likeness (QED) is 0.552. The van der Waals surface area contributed by atoms with Gasteiger partial charge in [0.15, 0.2) is 0 Å². The fourth-order valence-corrected chi connectivity index (χ4v) is 3.83. The smallest absolute Gasteiger partial charge is 0.211 e. The molecular weight excluding hydrogens is 346 g/mol. The monoisotopic (exact) mass is 361 g/mol. The fourth-order valence-electron chi connectivity index (χ4n) is 2.73. The third-order valence-corrected chi connectivity index (χ3v) is 5.29. The van der Waals surface area contributed by atoms with Crippen molar-refractivity contribution in [2.45, 2.75) is 0 Å². The number of carbonyl (C=O) groups excluding carboxylic acids is 1. The maximum atomic E-state index is 12.7. The summed E-state index contributed by atoms with van der Waals surface area (Å²) >= 11 is 1.47. The van der Waals surface area contributed by atoms with Crippen molar-refractivity contribution in [3.8, 4) is 16.2 Å². The summed E-state index contributed by atoms with van der Waals surface area (Å²) in [6.45, 7) is 0. The molecule has 0 saturated carbocycles. The second-order valence-corrected chi connectivity index (χ2v) is 6.69. The summed E-state index contributed by atoms with van der Waals surface area (Å²) in [6.07, 6.45) is 3.45. The SMILES string of the molecule is COc1ccc(C(=O)c2ccc3c(N)c(-c4ccncc4)sc3n2)cc1. The Labute approximate surface area is 154 Å². The molecule has 3 aromatic heterocycles.